The number of amides is 1. The molecule has 0 bridgehead atoms. The van der Waals surface area contributed by atoms with Crippen molar-refractivity contribution in [2.75, 3.05) is 13.2 Å². The Bertz CT molecular complexity index is 865. The first-order chi connectivity index (χ1) is 13.4. The fourth-order valence-corrected chi connectivity index (χ4v) is 2.23. The van der Waals surface area contributed by atoms with Crippen molar-refractivity contribution >= 4 is 5.91 Å². The zero-order valence-electron chi connectivity index (χ0n) is 14.9. The molecular weight excluding hydrogens is 371 g/mol. The highest BCUT2D eigenvalue weighted by molar-refractivity contribution is 5.94. The molecule has 0 fully saturated rings. The smallest absolute Gasteiger partial charge is 0.481 e. The van der Waals surface area contributed by atoms with Gasteiger partial charge in [-0.3, -0.25) is 4.79 Å². The highest BCUT2D eigenvalue weighted by Crippen LogP contribution is 2.22. The fourth-order valence-electron chi connectivity index (χ4n) is 2.23. The third-order valence-corrected chi connectivity index (χ3v) is 3.45. The maximum atomic E-state index is 12.1. The van der Waals surface area contributed by atoms with Gasteiger partial charge in [0.05, 0.1) is 6.54 Å². The van der Waals surface area contributed by atoms with E-state index in [2.05, 4.69) is 28.5 Å². The van der Waals surface area contributed by atoms with E-state index in [1.54, 1.807) is 6.08 Å². The first-order valence-electron chi connectivity index (χ1n) is 8.30. The van der Waals surface area contributed by atoms with Crippen LogP contribution in [0.15, 0.2) is 61.2 Å². The molecule has 28 heavy (non-hydrogen) atoms. The van der Waals surface area contributed by atoms with E-state index in [0.717, 1.165) is 23.4 Å². The summed E-state index contributed by atoms with van der Waals surface area (Å²) in [6, 6.07) is 12.2. The van der Waals surface area contributed by atoms with Crippen LogP contribution in [0.1, 0.15) is 15.9 Å². The molecule has 0 unspecified atom stereocenters. The van der Waals surface area contributed by atoms with Gasteiger partial charge in [0, 0.05) is 5.56 Å². The van der Waals surface area contributed by atoms with Crippen LogP contribution in [0.25, 0.3) is 0 Å². The number of hydrogen-bond donors (Lipinski definition) is 1. The largest absolute Gasteiger partial charge is 0.573 e. The molecule has 0 radical (unpaired) electrons. The lowest BCUT2D eigenvalue weighted by molar-refractivity contribution is -0.274. The van der Waals surface area contributed by atoms with Crippen molar-refractivity contribution in [1.29, 1.82) is 0 Å². The van der Waals surface area contributed by atoms with Gasteiger partial charge in [-0.15, -0.1) is 19.8 Å². The number of carbonyl (C=O) groups is 1. The van der Waals surface area contributed by atoms with E-state index in [1.807, 2.05) is 24.3 Å². The molecule has 0 spiro atoms. The van der Waals surface area contributed by atoms with E-state index in [9.17, 15) is 18.0 Å². The second-order valence-corrected chi connectivity index (χ2v) is 5.50. The van der Waals surface area contributed by atoms with Gasteiger partial charge >= 0.3 is 6.36 Å². The molecule has 0 aliphatic heterocycles. The maximum Gasteiger partial charge on any atom is 0.573 e. The monoisotopic (exact) mass is 389 g/mol. The summed E-state index contributed by atoms with van der Waals surface area (Å²) >= 11 is 0. The minimum atomic E-state index is -4.77. The number of alkyl halides is 3. The molecule has 1 amide bonds. The van der Waals surface area contributed by atoms with Gasteiger partial charge < -0.3 is 14.8 Å². The van der Waals surface area contributed by atoms with Gasteiger partial charge in [-0.05, 0) is 42.3 Å². The van der Waals surface area contributed by atoms with E-state index >= 15 is 0 Å². The SMILES string of the molecule is C=CCc1ccccc1OCC#CCNC(=O)c1ccc(OC(F)(F)F)cc1. The number of para-hydroxylation sites is 1. The summed E-state index contributed by atoms with van der Waals surface area (Å²) in [5.74, 6) is 5.42. The second-order valence-electron chi connectivity index (χ2n) is 5.50. The summed E-state index contributed by atoms with van der Waals surface area (Å²) in [6.45, 7) is 3.94. The van der Waals surface area contributed by atoms with Gasteiger partial charge in [0.2, 0.25) is 0 Å². The van der Waals surface area contributed by atoms with Gasteiger partial charge in [-0.2, -0.15) is 0 Å². The van der Waals surface area contributed by atoms with Crippen molar-refractivity contribution in [2.24, 2.45) is 0 Å². The molecule has 1 N–H and O–H groups in total. The highest BCUT2D eigenvalue weighted by atomic mass is 19.4. The summed E-state index contributed by atoms with van der Waals surface area (Å²) in [5.41, 5.74) is 1.21. The van der Waals surface area contributed by atoms with E-state index < -0.39 is 18.0 Å². The lowest BCUT2D eigenvalue weighted by Gasteiger charge is -2.09. The minimum Gasteiger partial charge on any atom is -0.481 e. The second kappa shape index (κ2) is 10.1. The first kappa shape index (κ1) is 20.9. The Morgan fingerprint density at radius 3 is 2.50 bits per heavy atom. The molecule has 146 valence electrons. The lowest BCUT2D eigenvalue weighted by Crippen LogP contribution is -2.23. The van der Waals surface area contributed by atoms with Crippen molar-refractivity contribution in [3.8, 4) is 23.3 Å². The number of carbonyl (C=O) groups excluding carboxylic acids is 1. The predicted molar refractivity (Wildman–Crippen MR) is 99.1 cm³/mol. The van der Waals surface area contributed by atoms with Crippen LogP contribution in [0.2, 0.25) is 0 Å². The number of hydrogen-bond acceptors (Lipinski definition) is 3. The van der Waals surface area contributed by atoms with Crippen molar-refractivity contribution in [1.82, 2.24) is 5.32 Å². The molecule has 0 heterocycles. The Morgan fingerprint density at radius 1 is 1.11 bits per heavy atom. The summed E-state index contributed by atoms with van der Waals surface area (Å²) in [4.78, 5) is 11.9. The number of ether oxygens (including phenoxy) is 2. The quantitative estimate of drug-likeness (QED) is 0.572. The molecule has 0 aliphatic carbocycles. The molecule has 4 nitrogen and oxygen atoms in total. The average molecular weight is 389 g/mol. The summed E-state index contributed by atoms with van der Waals surface area (Å²) in [6.07, 6.45) is -2.30. The van der Waals surface area contributed by atoms with Gasteiger partial charge in [0.15, 0.2) is 0 Å². The third-order valence-electron chi connectivity index (χ3n) is 3.45. The zero-order chi connectivity index (χ0) is 20.4. The Hall–Kier alpha value is -3.40. The molecular formula is C21H18F3NO3. The Morgan fingerprint density at radius 2 is 1.82 bits per heavy atom. The van der Waals surface area contributed by atoms with Crippen molar-refractivity contribution in [3.63, 3.8) is 0 Å². The van der Waals surface area contributed by atoms with Gasteiger partial charge in [-0.1, -0.05) is 36.1 Å². The molecule has 2 aromatic carbocycles. The van der Waals surface area contributed by atoms with Gasteiger partial charge in [0.25, 0.3) is 5.91 Å². The third kappa shape index (κ3) is 7.08. The minimum absolute atomic E-state index is 0.0807. The van der Waals surface area contributed by atoms with Crippen LogP contribution in [-0.4, -0.2) is 25.4 Å². The number of halogens is 3. The molecule has 0 aromatic heterocycles. The predicted octanol–water partition coefficient (Wildman–Crippen LogP) is 4.13. The van der Waals surface area contributed by atoms with Crippen LogP contribution in [0.4, 0.5) is 13.2 Å². The van der Waals surface area contributed by atoms with Crippen molar-refractivity contribution in [2.45, 2.75) is 12.8 Å². The van der Waals surface area contributed by atoms with E-state index in [-0.39, 0.29) is 18.7 Å². The maximum absolute atomic E-state index is 12.1. The van der Waals surface area contributed by atoms with E-state index in [4.69, 9.17) is 4.74 Å². The van der Waals surface area contributed by atoms with E-state index in [1.165, 1.54) is 12.1 Å². The van der Waals surface area contributed by atoms with Crippen LogP contribution in [0, 0.1) is 11.8 Å². The standard InChI is InChI=1S/C21H18F3NO3/c1-2-7-16-8-3-4-9-19(16)27-15-6-5-14-25-20(26)17-10-12-18(13-11-17)28-21(22,23)24/h2-4,8-13H,1,7,14-15H2,(H,25,26). The van der Waals surface area contributed by atoms with Crippen molar-refractivity contribution in [3.05, 3.63) is 72.3 Å². The molecule has 0 saturated heterocycles. The highest BCUT2D eigenvalue weighted by Gasteiger charge is 2.31. The van der Waals surface area contributed by atoms with Crippen molar-refractivity contribution < 1.29 is 27.4 Å². The molecule has 7 heteroatoms. The molecule has 2 rings (SSSR count). The van der Waals surface area contributed by atoms with Crippen LogP contribution < -0.4 is 14.8 Å². The molecule has 0 aliphatic rings. The zero-order valence-corrected chi connectivity index (χ0v) is 14.9. The number of benzene rings is 2. The average Bonchev–Trinajstić information content (AvgIpc) is 2.65. The lowest BCUT2D eigenvalue weighted by atomic mass is 10.1. The number of rotatable bonds is 7. The van der Waals surface area contributed by atoms with Crippen LogP contribution in [0.3, 0.4) is 0 Å². The van der Waals surface area contributed by atoms with Crippen LogP contribution in [-0.2, 0) is 6.42 Å². The normalized spacial score (nSPS) is 10.4. The Kier molecular flexibility index (Phi) is 7.52. The first-order valence-corrected chi connectivity index (χ1v) is 8.30. The summed E-state index contributed by atoms with van der Waals surface area (Å²) in [7, 11) is 0. The number of allylic oxidation sites excluding steroid dienone is 1. The molecule has 0 atom stereocenters. The number of nitrogens with one attached hydrogen (secondary N) is 1. The van der Waals surface area contributed by atoms with Gasteiger partial charge in [-0.25, -0.2) is 0 Å². The van der Waals surface area contributed by atoms with Gasteiger partial charge in [0.1, 0.15) is 18.1 Å². The fraction of sp³-hybridized carbons (Fsp3) is 0.190. The topological polar surface area (TPSA) is 47.6 Å². The summed E-state index contributed by atoms with van der Waals surface area (Å²) in [5, 5.41) is 2.55. The van der Waals surface area contributed by atoms with Crippen LogP contribution in [0.5, 0.6) is 11.5 Å². The van der Waals surface area contributed by atoms with Crippen LogP contribution >= 0.6 is 0 Å². The molecule has 2 aromatic rings. The molecule has 0 saturated carbocycles. The summed E-state index contributed by atoms with van der Waals surface area (Å²) < 4.78 is 45.7. The Balaban J connectivity index is 1.78. The Labute approximate surface area is 161 Å². The van der Waals surface area contributed by atoms with E-state index in [0.29, 0.717) is 6.42 Å².